The van der Waals surface area contributed by atoms with Gasteiger partial charge in [-0.05, 0) is 39.0 Å². The topological polar surface area (TPSA) is 72.5 Å². The molecule has 0 aromatic heterocycles. The fourth-order valence-electron chi connectivity index (χ4n) is 1.37. The van der Waals surface area contributed by atoms with Crippen molar-refractivity contribution in [2.24, 2.45) is 0 Å². The molecule has 0 aliphatic carbocycles. The van der Waals surface area contributed by atoms with E-state index in [0.717, 1.165) is 0 Å². The third kappa shape index (κ3) is 3.82. The predicted octanol–water partition coefficient (Wildman–Crippen LogP) is 1.55. The summed E-state index contributed by atoms with van der Waals surface area (Å²) in [4.78, 5) is 11.4. The van der Waals surface area contributed by atoms with Gasteiger partial charge in [-0.25, -0.2) is 17.9 Å². The normalized spacial score (nSPS) is 12.2. The monoisotopic (exact) mass is 271 g/mol. The van der Waals surface area contributed by atoms with Crippen LogP contribution in [0.4, 0.5) is 0 Å². The molecule has 0 bridgehead atoms. The Balaban J connectivity index is 3.14. The summed E-state index contributed by atoms with van der Waals surface area (Å²) in [5.41, 5.74) is -0.380. The molecule has 1 aromatic carbocycles. The summed E-state index contributed by atoms with van der Waals surface area (Å²) in [6.45, 7) is 5.23. The van der Waals surface area contributed by atoms with E-state index in [0.29, 0.717) is 0 Å². The van der Waals surface area contributed by atoms with E-state index in [1.165, 1.54) is 31.4 Å². The van der Waals surface area contributed by atoms with Crippen LogP contribution < -0.4 is 4.72 Å². The lowest BCUT2D eigenvalue weighted by Crippen LogP contribution is -2.40. The van der Waals surface area contributed by atoms with Gasteiger partial charge in [0.05, 0.1) is 17.6 Å². The number of rotatable bonds is 3. The molecule has 0 amide bonds. The minimum Gasteiger partial charge on any atom is -0.465 e. The number of carbonyl (C=O) groups excluding carboxylic acids is 1. The number of hydrogen-bond donors (Lipinski definition) is 1. The summed E-state index contributed by atoms with van der Waals surface area (Å²) < 4.78 is 31.2. The van der Waals surface area contributed by atoms with E-state index < -0.39 is 21.5 Å². The van der Waals surface area contributed by atoms with E-state index in [9.17, 15) is 13.2 Å². The quantitative estimate of drug-likeness (QED) is 0.847. The van der Waals surface area contributed by atoms with Crippen molar-refractivity contribution in [1.82, 2.24) is 4.72 Å². The van der Waals surface area contributed by atoms with E-state index in [-0.39, 0.29) is 10.5 Å². The van der Waals surface area contributed by atoms with Crippen LogP contribution in [0.3, 0.4) is 0 Å². The summed E-state index contributed by atoms with van der Waals surface area (Å²) in [7, 11) is -2.39. The molecule has 100 valence electrons. The van der Waals surface area contributed by atoms with Crippen LogP contribution in [0.1, 0.15) is 31.1 Å². The van der Waals surface area contributed by atoms with Gasteiger partial charge in [0.25, 0.3) is 0 Å². The van der Waals surface area contributed by atoms with Gasteiger partial charge in [-0.2, -0.15) is 0 Å². The standard InChI is InChI=1S/C12H17NO4S/c1-12(2,3)13-18(15,16)10-7-5-6-9(8-10)11(14)17-4/h5-8,13H,1-4H3. The third-order valence-corrected chi connectivity index (χ3v) is 3.76. The number of carbonyl (C=O) groups is 1. The second-order valence-corrected chi connectivity index (χ2v) is 6.56. The number of benzene rings is 1. The van der Waals surface area contributed by atoms with Gasteiger partial charge in [0.2, 0.25) is 10.0 Å². The Labute approximate surface area is 107 Å². The van der Waals surface area contributed by atoms with Crippen molar-refractivity contribution in [3.63, 3.8) is 0 Å². The molecule has 6 heteroatoms. The summed E-state index contributed by atoms with van der Waals surface area (Å²) in [5, 5.41) is 0. The average molecular weight is 271 g/mol. The lowest BCUT2D eigenvalue weighted by atomic mass is 10.1. The molecular weight excluding hydrogens is 254 g/mol. The maximum atomic E-state index is 12.0. The first kappa shape index (κ1) is 14.7. The summed E-state index contributed by atoms with van der Waals surface area (Å²) in [6, 6.07) is 5.73. The van der Waals surface area contributed by atoms with Gasteiger partial charge in [-0.3, -0.25) is 0 Å². The van der Waals surface area contributed by atoms with Crippen LogP contribution in [0.2, 0.25) is 0 Å². The molecule has 0 spiro atoms. The highest BCUT2D eigenvalue weighted by Gasteiger charge is 2.22. The zero-order valence-electron chi connectivity index (χ0n) is 10.9. The van der Waals surface area contributed by atoms with Crippen molar-refractivity contribution >= 4 is 16.0 Å². The SMILES string of the molecule is COC(=O)c1cccc(S(=O)(=O)NC(C)(C)C)c1. The van der Waals surface area contributed by atoms with E-state index in [1.807, 2.05) is 0 Å². The fourth-order valence-corrected chi connectivity index (χ4v) is 2.83. The number of esters is 1. The smallest absolute Gasteiger partial charge is 0.337 e. The van der Waals surface area contributed by atoms with E-state index in [1.54, 1.807) is 20.8 Å². The second-order valence-electron chi connectivity index (χ2n) is 4.87. The van der Waals surface area contributed by atoms with Crippen LogP contribution in [0.25, 0.3) is 0 Å². The molecule has 1 rings (SSSR count). The van der Waals surface area contributed by atoms with Crippen LogP contribution in [0, 0.1) is 0 Å². The van der Waals surface area contributed by atoms with E-state index in [4.69, 9.17) is 0 Å². The fraction of sp³-hybridized carbons (Fsp3) is 0.417. The lowest BCUT2D eigenvalue weighted by molar-refractivity contribution is 0.0600. The molecule has 0 aliphatic rings. The maximum Gasteiger partial charge on any atom is 0.337 e. The van der Waals surface area contributed by atoms with Crippen LogP contribution in [0.15, 0.2) is 29.2 Å². The highest BCUT2D eigenvalue weighted by Crippen LogP contribution is 2.15. The number of hydrogen-bond acceptors (Lipinski definition) is 4. The Kier molecular flexibility index (Phi) is 4.13. The largest absolute Gasteiger partial charge is 0.465 e. The van der Waals surface area contributed by atoms with Crippen LogP contribution in [0.5, 0.6) is 0 Å². The highest BCUT2D eigenvalue weighted by atomic mass is 32.2. The lowest BCUT2D eigenvalue weighted by Gasteiger charge is -2.20. The molecular formula is C12H17NO4S. The predicted molar refractivity (Wildman–Crippen MR) is 67.9 cm³/mol. The Morgan fingerprint density at radius 2 is 1.89 bits per heavy atom. The van der Waals surface area contributed by atoms with E-state index in [2.05, 4.69) is 9.46 Å². The zero-order chi connectivity index (χ0) is 14.0. The van der Waals surface area contributed by atoms with Crippen LogP contribution >= 0.6 is 0 Å². The van der Waals surface area contributed by atoms with E-state index >= 15 is 0 Å². The van der Waals surface area contributed by atoms with Gasteiger partial charge in [-0.1, -0.05) is 6.07 Å². The van der Waals surface area contributed by atoms with Crippen LogP contribution in [-0.2, 0) is 14.8 Å². The van der Waals surface area contributed by atoms with Gasteiger partial charge in [0, 0.05) is 5.54 Å². The van der Waals surface area contributed by atoms with Crippen molar-refractivity contribution in [1.29, 1.82) is 0 Å². The average Bonchev–Trinajstić information content (AvgIpc) is 2.25. The minimum atomic E-state index is -3.64. The molecule has 0 atom stereocenters. The minimum absolute atomic E-state index is 0.0420. The Morgan fingerprint density at radius 1 is 1.28 bits per heavy atom. The molecule has 0 saturated carbocycles. The number of nitrogens with one attached hydrogen (secondary N) is 1. The molecule has 0 unspecified atom stereocenters. The van der Waals surface area contributed by atoms with Crippen molar-refractivity contribution < 1.29 is 17.9 Å². The van der Waals surface area contributed by atoms with Gasteiger partial charge >= 0.3 is 5.97 Å². The Morgan fingerprint density at radius 3 is 2.39 bits per heavy atom. The zero-order valence-corrected chi connectivity index (χ0v) is 11.7. The number of sulfonamides is 1. The highest BCUT2D eigenvalue weighted by molar-refractivity contribution is 7.89. The summed E-state index contributed by atoms with van der Waals surface area (Å²) in [5.74, 6) is -0.567. The number of methoxy groups -OCH3 is 1. The molecule has 0 saturated heterocycles. The number of ether oxygens (including phenoxy) is 1. The van der Waals surface area contributed by atoms with Gasteiger partial charge in [-0.15, -0.1) is 0 Å². The van der Waals surface area contributed by atoms with Crippen LogP contribution in [-0.4, -0.2) is 27.0 Å². The molecule has 0 aliphatic heterocycles. The first-order chi connectivity index (χ1) is 8.15. The molecule has 5 nitrogen and oxygen atoms in total. The van der Waals surface area contributed by atoms with Crippen molar-refractivity contribution in [3.05, 3.63) is 29.8 Å². The second kappa shape index (κ2) is 5.07. The van der Waals surface area contributed by atoms with Gasteiger partial charge < -0.3 is 4.74 Å². The first-order valence-corrected chi connectivity index (χ1v) is 6.86. The first-order valence-electron chi connectivity index (χ1n) is 5.38. The van der Waals surface area contributed by atoms with Gasteiger partial charge in [0.1, 0.15) is 0 Å². The summed E-state index contributed by atoms with van der Waals surface area (Å²) >= 11 is 0. The molecule has 0 fully saturated rings. The molecule has 0 radical (unpaired) electrons. The summed E-state index contributed by atoms with van der Waals surface area (Å²) in [6.07, 6.45) is 0. The van der Waals surface area contributed by atoms with Gasteiger partial charge in [0.15, 0.2) is 0 Å². The molecule has 18 heavy (non-hydrogen) atoms. The molecule has 0 heterocycles. The Hall–Kier alpha value is -1.40. The van der Waals surface area contributed by atoms with Crippen molar-refractivity contribution in [2.75, 3.05) is 7.11 Å². The Bertz CT molecular complexity index is 543. The van der Waals surface area contributed by atoms with Crippen molar-refractivity contribution in [2.45, 2.75) is 31.2 Å². The molecule has 1 N–H and O–H groups in total. The third-order valence-electron chi connectivity index (χ3n) is 2.01. The van der Waals surface area contributed by atoms with Crippen molar-refractivity contribution in [3.8, 4) is 0 Å². The maximum absolute atomic E-state index is 12.0. The molecule has 1 aromatic rings.